The van der Waals surface area contributed by atoms with Crippen molar-refractivity contribution in [2.24, 2.45) is 5.92 Å². The Morgan fingerprint density at radius 1 is 1.11 bits per heavy atom. The maximum atomic E-state index is 13.1. The fourth-order valence-corrected chi connectivity index (χ4v) is 5.41. The molecule has 1 aromatic carbocycles. The van der Waals surface area contributed by atoms with Gasteiger partial charge in [0.05, 0.1) is 6.26 Å². The van der Waals surface area contributed by atoms with Crippen LogP contribution in [0.15, 0.2) is 18.2 Å². The zero-order chi connectivity index (χ0) is 19.2. The van der Waals surface area contributed by atoms with Gasteiger partial charge in [-0.2, -0.15) is 8.42 Å². The summed E-state index contributed by atoms with van der Waals surface area (Å²) in [5, 5.41) is 0. The number of aryl methyl sites for hydroxylation is 1. The van der Waals surface area contributed by atoms with Crippen LogP contribution in [0.25, 0.3) is 0 Å². The predicted molar refractivity (Wildman–Crippen MR) is 104 cm³/mol. The first kappa shape index (κ1) is 18.9. The second-order valence-electron chi connectivity index (χ2n) is 8.36. The smallest absolute Gasteiger partial charge is 0.261 e. The van der Waals surface area contributed by atoms with Crippen LogP contribution in [0.1, 0.15) is 53.1 Å². The molecule has 0 spiro atoms. The lowest BCUT2D eigenvalue weighted by Gasteiger charge is -2.51. The Hall–Kier alpha value is -1.44. The number of rotatable bonds is 1. The predicted octanol–water partition coefficient (Wildman–Crippen LogP) is 2.16. The Morgan fingerprint density at radius 2 is 1.81 bits per heavy atom. The Morgan fingerprint density at radius 3 is 2.44 bits per heavy atom. The number of hydrogen-bond donors (Lipinski definition) is 1. The largest absolute Gasteiger partial charge is 0.333 e. The van der Waals surface area contributed by atoms with Gasteiger partial charge >= 0.3 is 0 Å². The van der Waals surface area contributed by atoms with Crippen molar-refractivity contribution in [3.05, 3.63) is 34.9 Å². The first-order chi connectivity index (χ1) is 12.8. The lowest BCUT2D eigenvalue weighted by molar-refractivity contribution is 0.00258. The minimum absolute atomic E-state index is 0.314. The summed E-state index contributed by atoms with van der Waals surface area (Å²) in [5.74, 6) is 1.64. The van der Waals surface area contributed by atoms with Gasteiger partial charge in [0, 0.05) is 30.6 Å². The molecule has 2 atom stereocenters. The molecular weight excluding hydrogens is 364 g/mol. The molecule has 6 nitrogen and oxygen atoms in total. The molecule has 3 saturated heterocycles. The summed E-state index contributed by atoms with van der Waals surface area (Å²) in [4.78, 5) is 18.0. The molecule has 6 rings (SSSR count). The minimum atomic E-state index is -3.67. The number of hydrogen-bond acceptors (Lipinski definition) is 4. The van der Waals surface area contributed by atoms with E-state index in [0.29, 0.717) is 24.1 Å². The van der Waals surface area contributed by atoms with E-state index in [0.717, 1.165) is 31.0 Å². The van der Waals surface area contributed by atoms with E-state index in [4.69, 9.17) is 4.55 Å². The third-order valence-corrected chi connectivity index (χ3v) is 6.53. The molecule has 2 bridgehead atoms. The highest BCUT2D eigenvalue weighted by molar-refractivity contribution is 7.85. The fraction of sp³-hybridized carbons (Fsp3) is 0.650. The van der Waals surface area contributed by atoms with Crippen molar-refractivity contribution in [3.63, 3.8) is 0 Å². The lowest BCUT2D eigenvalue weighted by Crippen LogP contribution is -2.60. The average molecular weight is 393 g/mol. The van der Waals surface area contributed by atoms with Gasteiger partial charge in [-0.3, -0.25) is 9.35 Å². The molecule has 0 aromatic heterocycles. The van der Waals surface area contributed by atoms with Gasteiger partial charge in [0.15, 0.2) is 0 Å². The highest BCUT2D eigenvalue weighted by Crippen LogP contribution is 2.41. The van der Waals surface area contributed by atoms with Gasteiger partial charge in [0.2, 0.25) is 0 Å². The molecule has 27 heavy (non-hydrogen) atoms. The first-order valence-electron chi connectivity index (χ1n) is 9.89. The van der Waals surface area contributed by atoms with Crippen LogP contribution in [0.2, 0.25) is 0 Å². The summed E-state index contributed by atoms with van der Waals surface area (Å²) >= 11 is 0. The van der Waals surface area contributed by atoms with E-state index in [-0.39, 0.29) is 0 Å². The van der Waals surface area contributed by atoms with Crippen LogP contribution >= 0.6 is 0 Å². The minimum Gasteiger partial charge on any atom is -0.333 e. The van der Waals surface area contributed by atoms with Crippen LogP contribution in [0.3, 0.4) is 0 Å². The molecule has 3 fully saturated rings. The number of nitrogens with zero attached hydrogens (tertiary/aromatic N) is 2. The van der Waals surface area contributed by atoms with Crippen LogP contribution in [0, 0.1) is 5.92 Å². The van der Waals surface area contributed by atoms with E-state index in [2.05, 4.69) is 28.0 Å². The molecule has 1 aromatic rings. The van der Waals surface area contributed by atoms with Crippen molar-refractivity contribution in [1.82, 2.24) is 9.80 Å². The molecular formula is C20H28N2O4S. The van der Waals surface area contributed by atoms with Crippen LogP contribution in [-0.2, 0) is 16.5 Å². The zero-order valence-corrected chi connectivity index (χ0v) is 16.6. The third kappa shape index (κ3) is 3.91. The fourth-order valence-electron chi connectivity index (χ4n) is 5.41. The maximum Gasteiger partial charge on any atom is 0.261 e. The molecule has 1 aliphatic carbocycles. The highest BCUT2D eigenvalue weighted by atomic mass is 32.2. The molecule has 1 N–H and O–H groups in total. The summed E-state index contributed by atoms with van der Waals surface area (Å²) in [6.45, 7) is 4.57. The Labute approximate surface area is 161 Å². The molecule has 4 aliphatic heterocycles. The number of carbonyl (C=O) groups excluding carboxylic acids is 1. The van der Waals surface area contributed by atoms with Gasteiger partial charge in [-0.1, -0.05) is 12.1 Å². The van der Waals surface area contributed by atoms with Gasteiger partial charge in [-0.15, -0.1) is 0 Å². The molecule has 148 valence electrons. The van der Waals surface area contributed by atoms with E-state index in [1.54, 1.807) is 0 Å². The number of carbonyl (C=O) groups is 1. The van der Waals surface area contributed by atoms with Crippen molar-refractivity contribution >= 4 is 16.0 Å². The maximum absolute atomic E-state index is 13.1. The van der Waals surface area contributed by atoms with Gasteiger partial charge in [0.1, 0.15) is 0 Å². The van der Waals surface area contributed by atoms with Crippen molar-refractivity contribution in [3.8, 4) is 0 Å². The molecule has 0 saturated carbocycles. The van der Waals surface area contributed by atoms with Gasteiger partial charge in [-0.05, 0) is 68.3 Å². The summed E-state index contributed by atoms with van der Waals surface area (Å²) in [6, 6.07) is 6.87. The monoisotopic (exact) mass is 392 g/mol. The summed E-state index contributed by atoms with van der Waals surface area (Å²) in [6.07, 6.45) is 6.98. The van der Waals surface area contributed by atoms with E-state index in [9.17, 15) is 13.2 Å². The quantitative estimate of drug-likeness (QED) is 0.741. The molecule has 7 heteroatoms. The van der Waals surface area contributed by atoms with Crippen LogP contribution in [0.5, 0.6) is 0 Å². The van der Waals surface area contributed by atoms with Crippen LogP contribution < -0.4 is 0 Å². The molecule has 0 unspecified atom stereocenters. The van der Waals surface area contributed by atoms with Crippen molar-refractivity contribution in [2.75, 3.05) is 32.4 Å². The molecule has 1 amide bonds. The number of fused-ring (bicyclic) bond motifs is 3. The van der Waals surface area contributed by atoms with E-state index in [1.165, 1.54) is 49.9 Å². The van der Waals surface area contributed by atoms with Gasteiger partial charge in [-0.25, -0.2) is 0 Å². The summed E-state index contributed by atoms with van der Waals surface area (Å²) in [7, 11) is -3.67. The van der Waals surface area contributed by atoms with E-state index >= 15 is 0 Å². The SMILES string of the molecule is CS(=O)(=O)O.O=C1c2cccc3c2[C@H](CCC3)CN1[C@@H]1CN2CCC1CC2. The third-order valence-electron chi connectivity index (χ3n) is 6.53. The lowest BCUT2D eigenvalue weighted by atomic mass is 9.75. The molecule has 0 radical (unpaired) electrons. The number of amides is 1. The highest BCUT2D eigenvalue weighted by Gasteiger charge is 2.43. The van der Waals surface area contributed by atoms with E-state index < -0.39 is 10.1 Å². The van der Waals surface area contributed by atoms with Gasteiger partial charge < -0.3 is 9.80 Å². The van der Waals surface area contributed by atoms with E-state index in [1.807, 2.05) is 0 Å². The van der Waals surface area contributed by atoms with Crippen LogP contribution in [-0.4, -0.2) is 67.2 Å². The molecule has 5 aliphatic rings. The second kappa shape index (κ2) is 7.18. The Bertz CT molecular complexity index is 822. The average Bonchev–Trinajstić information content (AvgIpc) is 2.64. The second-order valence-corrected chi connectivity index (χ2v) is 9.83. The first-order valence-corrected chi connectivity index (χ1v) is 11.7. The molecule has 4 heterocycles. The van der Waals surface area contributed by atoms with Crippen molar-refractivity contribution in [1.29, 1.82) is 0 Å². The topological polar surface area (TPSA) is 77.9 Å². The zero-order valence-electron chi connectivity index (χ0n) is 15.8. The standard InChI is InChI=1S/C19H24N2O.CH4O3S/c22-19-16-6-2-4-14-3-1-5-15(18(14)16)11-21(19)17-12-20-9-7-13(17)8-10-20;1-5(2,3)4/h2,4,6,13,15,17H,1,3,5,7-12H2;1H3,(H,2,3,4)/t15-,17-;/m1./s1. The van der Waals surface area contributed by atoms with Crippen molar-refractivity contribution < 1.29 is 17.8 Å². The summed E-state index contributed by atoms with van der Waals surface area (Å²) < 4.78 is 25.9. The summed E-state index contributed by atoms with van der Waals surface area (Å²) in [5.41, 5.74) is 3.86. The Kier molecular flexibility index (Phi) is 5.03. The van der Waals surface area contributed by atoms with Crippen LogP contribution in [0.4, 0.5) is 0 Å². The Balaban J connectivity index is 0.000000323. The normalized spacial score (nSPS) is 31.8. The van der Waals surface area contributed by atoms with Crippen molar-refractivity contribution in [2.45, 2.75) is 44.1 Å². The number of piperidine rings is 3. The van der Waals surface area contributed by atoms with Gasteiger partial charge in [0.25, 0.3) is 16.0 Å². The number of benzene rings is 1.